The van der Waals surface area contributed by atoms with Crippen LogP contribution in [0.3, 0.4) is 0 Å². The number of piperidine rings is 2. The van der Waals surface area contributed by atoms with E-state index in [0.717, 1.165) is 50.0 Å². The number of rotatable bonds is 13. The third-order valence-corrected chi connectivity index (χ3v) is 9.09. The van der Waals surface area contributed by atoms with Gasteiger partial charge in [0.05, 0.1) is 12.6 Å². The molecular formula is C32H52N6O2. The van der Waals surface area contributed by atoms with E-state index in [-0.39, 0.29) is 18.1 Å². The maximum Gasteiger partial charge on any atom is 0.251 e. The Morgan fingerprint density at radius 1 is 1.15 bits per heavy atom. The lowest BCUT2D eigenvalue weighted by atomic mass is 9.82. The third kappa shape index (κ3) is 8.08. The fraction of sp³-hybridized carbons (Fsp3) is 0.688. The fourth-order valence-corrected chi connectivity index (χ4v) is 6.55. The number of nitrogens with zero attached hydrogens (tertiary/aromatic N) is 3. The van der Waals surface area contributed by atoms with E-state index >= 15 is 0 Å². The van der Waals surface area contributed by atoms with Gasteiger partial charge >= 0.3 is 0 Å². The summed E-state index contributed by atoms with van der Waals surface area (Å²) in [5, 5.41) is 15.1. The van der Waals surface area contributed by atoms with Gasteiger partial charge in [0, 0.05) is 50.7 Å². The van der Waals surface area contributed by atoms with E-state index in [0.29, 0.717) is 30.7 Å². The Morgan fingerprint density at radius 2 is 1.98 bits per heavy atom. The van der Waals surface area contributed by atoms with Crippen molar-refractivity contribution in [3.63, 3.8) is 0 Å². The van der Waals surface area contributed by atoms with Gasteiger partial charge in [0.2, 0.25) is 5.62 Å². The standard InChI is InChI=1S/C32H52N6O2/c1-5-6-7-8-9-14-37-15-10-11-30(24(37)2)26-18-25(23-38-17-16-36(3)32(38)33)19-27(20-26)31(39)35-22-28-21-29(40-4)12-13-34-28/h16-20,24,28-30,33-34H,5-15,21-23H2,1-4H3,(H,35,39). The van der Waals surface area contributed by atoms with Crippen molar-refractivity contribution in [3.05, 3.63) is 52.9 Å². The predicted octanol–water partition coefficient (Wildman–Crippen LogP) is 4.39. The Kier molecular flexibility index (Phi) is 11.4. The molecule has 3 heterocycles. The van der Waals surface area contributed by atoms with Crippen LogP contribution >= 0.6 is 0 Å². The van der Waals surface area contributed by atoms with Crippen molar-refractivity contribution in [2.75, 3.05) is 33.3 Å². The molecule has 3 N–H and O–H groups in total. The molecule has 4 unspecified atom stereocenters. The lowest BCUT2D eigenvalue weighted by molar-refractivity contribution is 0.0611. The molecule has 4 rings (SSSR count). The first kappa shape index (κ1) is 30.5. The quantitative estimate of drug-likeness (QED) is 0.322. The summed E-state index contributed by atoms with van der Waals surface area (Å²) >= 11 is 0. The number of unbranched alkanes of at least 4 members (excludes halogenated alkanes) is 4. The van der Waals surface area contributed by atoms with E-state index in [1.807, 2.05) is 34.6 Å². The number of methoxy groups -OCH3 is 1. The van der Waals surface area contributed by atoms with Crippen molar-refractivity contribution < 1.29 is 9.53 Å². The fourth-order valence-electron chi connectivity index (χ4n) is 6.55. The van der Waals surface area contributed by atoms with Crippen molar-refractivity contribution in [2.45, 2.75) is 102 Å². The van der Waals surface area contributed by atoms with Gasteiger partial charge < -0.3 is 29.4 Å². The van der Waals surface area contributed by atoms with Gasteiger partial charge in [-0.3, -0.25) is 10.2 Å². The van der Waals surface area contributed by atoms with Crippen LogP contribution in [-0.4, -0.2) is 71.4 Å². The minimum atomic E-state index is -0.0233. The number of aryl methyl sites for hydroxylation is 1. The van der Waals surface area contributed by atoms with Crippen LogP contribution in [0, 0.1) is 5.41 Å². The molecule has 0 bridgehead atoms. The highest BCUT2D eigenvalue weighted by molar-refractivity contribution is 5.94. The molecule has 4 atom stereocenters. The molecule has 8 heteroatoms. The summed E-state index contributed by atoms with van der Waals surface area (Å²) in [4.78, 5) is 16.2. The zero-order chi connectivity index (χ0) is 28.5. The van der Waals surface area contributed by atoms with Crippen molar-refractivity contribution in [1.82, 2.24) is 24.7 Å². The molecule has 0 saturated carbocycles. The van der Waals surface area contributed by atoms with Crippen LogP contribution < -0.4 is 16.3 Å². The summed E-state index contributed by atoms with van der Waals surface area (Å²) in [5.74, 6) is 0.374. The van der Waals surface area contributed by atoms with Gasteiger partial charge in [-0.25, -0.2) is 0 Å². The number of likely N-dealkylation sites (tertiary alicyclic amines) is 1. The number of nitrogens with one attached hydrogen (secondary N) is 3. The number of carbonyl (C=O) groups excluding carboxylic acids is 1. The highest BCUT2D eigenvalue weighted by atomic mass is 16.5. The third-order valence-electron chi connectivity index (χ3n) is 9.09. The topological polar surface area (TPSA) is 87.3 Å². The Balaban J connectivity index is 1.51. The maximum atomic E-state index is 13.5. The predicted molar refractivity (Wildman–Crippen MR) is 161 cm³/mol. The van der Waals surface area contributed by atoms with Crippen LogP contribution in [0.15, 0.2) is 30.6 Å². The van der Waals surface area contributed by atoms with Gasteiger partial charge in [0.15, 0.2) is 0 Å². The van der Waals surface area contributed by atoms with Crippen molar-refractivity contribution in [3.8, 4) is 0 Å². The molecule has 222 valence electrons. The van der Waals surface area contributed by atoms with Gasteiger partial charge in [-0.15, -0.1) is 0 Å². The first-order valence-electron chi connectivity index (χ1n) is 15.6. The summed E-state index contributed by atoms with van der Waals surface area (Å²) in [6, 6.07) is 7.10. The van der Waals surface area contributed by atoms with E-state index < -0.39 is 0 Å². The zero-order valence-corrected chi connectivity index (χ0v) is 25.3. The highest BCUT2D eigenvalue weighted by Gasteiger charge is 2.30. The van der Waals surface area contributed by atoms with E-state index in [9.17, 15) is 4.79 Å². The summed E-state index contributed by atoms with van der Waals surface area (Å²) in [7, 11) is 3.66. The molecule has 1 aromatic heterocycles. The van der Waals surface area contributed by atoms with Gasteiger partial charge in [-0.2, -0.15) is 0 Å². The maximum absolute atomic E-state index is 13.5. The van der Waals surface area contributed by atoms with E-state index in [1.54, 1.807) is 7.11 Å². The molecule has 0 radical (unpaired) electrons. The minimum absolute atomic E-state index is 0.0233. The number of imidazole rings is 1. The molecule has 40 heavy (non-hydrogen) atoms. The molecule has 1 aromatic carbocycles. The first-order valence-corrected chi connectivity index (χ1v) is 15.6. The van der Waals surface area contributed by atoms with Gasteiger partial charge in [0.25, 0.3) is 5.91 Å². The lowest BCUT2D eigenvalue weighted by Gasteiger charge is -2.40. The average Bonchev–Trinajstić information content (AvgIpc) is 3.28. The summed E-state index contributed by atoms with van der Waals surface area (Å²) in [5.41, 5.74) is 3.50. The molecule has 2 saturated heterocycles. The van der Waals surface area contributed by atoms with Crippen LogP contribution in [0.5, 0.6) is 0 Å². The molecule has 2 aliphatic rings. The second-order valence-electron chi connectivity index (χ2n) is 12.0. The monoisotopic (exact) mass is 552 g/mol. The van der Waals surface area contributed by atoms with Crippen LogP contribution in [0.25, 0.3) is 0 Å². The summed E-state index contributed by atoms with van der Waals surface area (Å²) < 4.78 is 9.31. The van der Waals surface area contributed by atoms with Crippen LogP contribution in [0.2, 0.25) is 0 Å². The molecule has 2 fully saturated rings. The lowest BCUT2D eigenvalue weighted by Crippen LogP contribution is -2.47. The second-order valence-corrected chi connectivity index (χ2v) is 12.0. The minimum Gasteiger partial charge on any atom is -0.381 e. The Labute approximate surface area is 241 Å². The number of hydrogen-bond donors (Lipinski definition) is 3. The van der Waals surface area contributed by atoms with Crippen LogP contribution in [0.4, 0.5) is 0 Å². The first-order chi connectivity index (χ1) is 19.4. The Morgan fingerprint density at radius 3 is 2.73 bits per heavy atom. The number of benzene rings is 1. The number of carbonyl (C=O) groups is 1. The van der Waals surface area contributed by atoms with Crippen molar-refractivity contribution in [2.24, 2.45) is 7.05 Å². The Hall–Kier alpha value is -2.42. The van der Waals surface area contributed by atoms with E-state index in [1.165, 1.54) is 44.1 Å². The summed E-state index contributed by atoms with van der Waals surface area (Å²) in [6.07, 6.45) is 14.9. The molecule has 0 spiro atoms. The molecular weight excluding hydrogens is 500 g/mol. The molecule has 8 nitrogen and oxygen atoms in total. The summed E-state index contributed by atoms with van der Waals surface area (Å²) in [6.45, 7) is 9.05. The zero-order valence-electron chi connectivity index (χ0n) is 25.3. The number of hydrogen-bond acceptors (Lipinski definition) is 5. The van der Waals surface area contributed by atoms with Crippen LogP contribution in [0.1, 0.15) is 99.0 Å². The molecule has 2 aliphatic heterocycles. The second kappa shape index (κ2) is 15.0. The van der Waals surface area contributed by atoms with Gasteiger partial charge in [0.1, 0.15) is 0 Å². The number of amides is 1. The van der Waals surface area contributed by atoms with Crippen LogP contribution in [-0.2, 0) is 18.3 Å². The van der Waals surface area contributed by atoms with Crippen molar-refractivity contribution in [1.29, 1.82) is 5.41 Å². The molecule has 1 amide bonds. The molecule has 0 aliphatic carbocycles. The average molecular weight is 553 g/mol. The van der Waals surface area contributed by atoms with E-state index in [2.05, 4.69) is 41.5 Å². The smallest absolute Gasteiger partial charge is 0.251 e. The highest BCUT2D eigenvalue weighted by Crippen LogP contribution is 2.34. The van der Waals surface area contributed by atoms with Gasteiger partial charge in [-0.1, -0.05) is 38.7 Å². The van der Waals surface area contributed by atoms with E-state index in [4.69, 9.17) is 10.1 Å². The Bertz CT molecular complexity index is 1140. The SMILES string of the molecule is CCCCCCCN1CCCC(c2cc(Cn3ccn(C)c3=N)cc(C(=O)NCC3CC(OC)CCN3)c2)C1C. The largest absolute Gasteiger partial charge is 0.381 e. The number of aromatic nitrogens is 2. The normalized spacial score (nSPS) is 23.8. The van der Waals surface area contributed by atoms with Crippen molar-refractivity contribution >= 4 is 5.91 Å². The molecule has 2 aromatic rings. The number of ether oxygens (including phenoxy) is 1. The van der Waals surface area contributed by atoms with Gasteiger partial charge in [-0.05, 0) is 87.8 Å².